The van der Waals surface area contributed by atoms with Crippen molar-refractivity contribution in [1.82, 2.24) is 9.80 Å². The predicted molar refractivity (Wildman–Crippen MR) is 55.5 cm³/mol. The number of unbranched alkanes of at least 4 members (excludes halogenated alkanes) is 1. The second-order valence-electron chi connectivity index (χ2n) is 3.58. The molecule has 7 nitrogen and oxygen atoms in total. The molecule has 0 unspecified atom stereocenters. The van der Waals surface area contributed by atoms with E-state index in [1.54, 1.807) is 0 Å². The normalized spacial score (nSPS) is 13.4. The summed E-state index contributed by atoms with van der Waals surface area (Å²) in [7, 11) is -1.80. The molecule has 0 saturated heterocycles. The van der Waals surface area contributed by atoms with Crippen LogP contribution in [0.3, 0.4) is 0 Å². The monoisotopic (exact) mass is 366 g/mol. The van der Waals surface area contributed by atoms with E-state index < -0.39 is 26.3 Å². The van der Waals surface area contributed by atoms with Crippen molar-refractivity contribution in [3.05, 3.63) is 12.4 Å². The van der Waals surface area contributed by atoms with Crippen molar-refractivity contribution >= 4 is 10.1 Å². The molecule has 0 spiro atoms. The van der Waals surface area contributed by atoms with E-state index >= 15 is 0 Å². The Hall–Kier alpha value is -0.0461. The van der Waals surface area contributed by atoms with E-state index in [0.29, 0.717) is 6.42 Å². The summed E-state index contributed by atoms with van der Waals surface area (Å²) in [6.45, 7) is 1.68. The molecule has 0 aromatic heterocycles. The van der Waals surface area contributed by atoms with Gasteiger partial charge in [0.2, 0.25) is 0 Å². The van der Waals surface area contributed by atoms with Gasteiger partial charge in [0.25, 0.3) is 10.1 Å². The maximum atomic E-state index is 10.4. The van der Waals surface area contributed by atoms with Crippen molar-refractivity contribution in [3.63, 3.8) is 0 Å². The summed E-state index contributed by atoms with van der Waals surface area (Å²) in [5, 5.41) is 0. The second kappa shape index (κ2) is 10.8. The van der Waals surface area contributed by atoms with Gasteiger partial charge in [0.1, 0.15) is 0 Å². The Labute approximate surface area is 124 Å². The first-order chi connectivity index (χ1) is 7.89. The molecular formula is C8H16CuN2O5SV. The third kappa shape index (κ3) is 12.4. The molecule has 0 fully saturated rings. The molecule has 1 heterocycles. The first-order valence-electron chi connectivity index (χ1n) is 4.92. The first-order valence-corrected chi connectivity index (χ1v) is 7.66. The fourth-order valence-electron chi connectivity index (χ4n) is 1.33. The molecule has 1 rings (SSSR count). The number of nitrogens with zero attached hydrogens (tertiary/aromatic N) is 2. The van der Waals surface area contributed by atoms with Crippen LogP contribution >= 0.6 is 0 Å². The molecule has 1 N–H and O–H groups in total. The van der Waals surface area contributed by atoms with E-state index in [1.165, 1.54) is 0 Å². The standard InChI is InChI=1S/C8H16N2O3S.Cu.2O.V/c1-9-5-6-10(8-9)4-2-3-7-14(11,12)13;;;;/h5-6H,2-4,7-8H2,1H3,(H,11,12,13);;;;. The maximum absolute atomic E-state index is 10.4. The summed E-state index contributed by atoms with van der Waals surface area (Å²) >= 11 is -1.81. The van der Waals surface area contributed by atoms with Gasteiger partial charge in [0.15, 0.2) is 0 Å². The van der Waals surface area contributed by atoms with Crippen molar-refractivity contribution in [2.24, 2.45) is 0 Å². The van der Waals surface area contributed by atoms with Crippen LogP contribution in [0.15, 0.2) is 12.4 Å². The molecule has 1 radical (unpaired) electrons. The van der Waals surface area contributed by atoms with Gasteiger partial charge >= 0.3 is 23.5 Å². The molecule has 0 atom stereocenters. The predicted octanol–water partition coefficient (Wildman–Crippen LogP) is 0.0879. The zero-order valence-corrected chi connectivity index (χ0v) is 13.0. The van der Waals surface area contributed by atoms with Gasteiger partial charge in [-0.15, -0.1) is 0 Å². The number of hydrogen-bond donors (Lipinski definition) is 1. The summed E-state index contributed by atoms with van der Waals surface area (Å²) in [6, 6.07) is 0. The summed E-state index contributed by atoms with van der Waals surface area (Å²) in [5.41, 5.74) is 0. The van der Waals surface area contributed by atoms with E-state index in [9.17, 15) is 8.42 Å². The van der Waals surface area contributed by atoms with Gasteiger partial charge in [-0.3, -0.25) is 4.55 Å². The Morgan fingerprint density at radius 2 is 1.83 bits per heavy atom. The minimum absolute atomic E-state index is 0. The molecule has 0 aliphatic carbocycles. The summed E-state index contributed by atoms with van der Waals surface area (Å²) in [4.78, 5) is 4.15. The Balaban J connectivity index is 0. The van der Waals surface area contributed by atoms with Gasteiger partial charge < -0.3 is 9.80 Å². The van der Waals surface area contributed by atoms with E-state index in [0.717, 1.165) is 19.6 Å². The molecule has 10 heteroatoms. The fraction of sp³-hybridized carbons (Fsp3) is 0.750. The van der Waals surface area contributed by atoms with Gasteiger partial charge in [-0.1, -0.05) is 0 Å². The van der Waals surface area contributed by atoms with Crippen molar-refractivity contribution < 1.29 is 53.6 Å². The van der Waals surface area contributed by atoms with Gasteiger partial charge in [-0.05, 0) is 12.8 Å². The Morgan fingerprint density at radius 1 is 1.28 bits per heavy atom. The van der Waals surface area contributed by atoms with Crippen LogP contribution in [0.4, 0.5) is 0 Å². The summed E-state index contributed by atoms with van der Waals surface area (Å²) < 4.78 is 46.2. The fourth-order valence-corrected chi connectivity index (χ4v) is 1.90. The van der Waals surface area contributed by atoms with Crippen LogP contribution in [0.5, 0.6) is 0 Å². The van der Waals surface area contributed by atoms with Crippen LogP contribution in [0.25, 0.3) is 0 Å². The Morgan fingerprint density at radius 3 is 2.22 bits per heavy atom. The average molecular weight is 367 g/mol. The van der Waals surface area contributed by atoms with E-state index in [1.807, 2.05) is 24.3 Å². The molecule has 1 aliphatic heterocycles. The molecule has 18 heavy (non-hydrogen) atoms. The molecule has 0 aromatic carbocycles. The van der Waals surface area contributed by atoms with E-state index in [2.05, 4.69) is 4.90 Å². The summed E-state index contributed by atoms with van der Waals surface area (Å²) in [5.74, 6) is -0.138. The van der Waals surface area contributed by atoms with E-state index in [-0.39, 0.29) is 22.8 Å². The first kappa shape index (κ1) is 20.3. The van der Waals surface area contributed by atoms with Crippen LogP contribution < -0.4 is 0 Å². The molecule has 110 valence electrons. The van der Waals surface area contributed by atoms with Crippen LogP contribution in [-0.2, 0) is 50.7 Å². The van der Waals surface area contributed by atoms with Gasteiger partial charge in [0, 0.05) is 43.1 Å². The van der Waals surface area contributed by atoms with Crippen molar-refractivity contribution in [3.8, 4) is 0 Å². The van der Waals surface area contributed by atoms with Gasteiger partial charge in [-0.2, -0.15) is 8.42 Å². The van der Waals surface area contributed by atoms with Crippen LogP contribution in [0.2, 0.25) is 0 Å². The second-order valence-corrected chi connectivity index (χ2v) is 5.38. The van der Waals surface area contributed by atoms with Crippen molar-refractivity contribution in [2.45, 2.75) is 12.8 Å². The SMILES string of the molecule is CN1C=CN(CCCCS(=O)(=O)O)C1.[Cu].[O]=[V]=[O]. The zero-order valence-electron chi connectivity index (χ0n) is 9.82. The topological polar surface area (TPSA) is 95.0 Å². The van der Waals surface area contributed by atoms with Crippen LogP contribution in [0.1, 0.15) is 12.8 Å². The van der Waals surface area contributed by atoms with Crippen molar-refractivity contribution in [1.29, 1.82) is 0 Å². The molecule has 0 bridgehead atoms. The number of rotatable bonds is 5. The molecule has 0 aromatic rings. The Kier molecular flexibility index (Phi) is 12.2. The van der Waals surface area contributed by atoms with Crippen molar-refractivity contribution in [2.75, 3.05) is 26.0 Å². The Bertz CT molecular complexity index is 383. The van der Waals surface area contributed by atoms with E-state index in [4.69, 9.17) is 11.9 Å². The van der Waals surface area contributed by atoms with Gasteiger partial charge in [0.05, 0.1) is 12.4 Å². The minimum atomic E-state index is -3.78. The zero-order chi connectivity index (χ0) is 13.3. The quantitative estimate of drug-likeness (QED) is 0.418. The van der Waals surface area contributed by atoms with Crippen LogP contribution in [0, 0.1) is 0 Å². The third-order valence-electron chi connectivity index (χ3n) is 2.03. The molecular weight excluding hydrogens is 351 g/mol. The summed E-state index contributed by atoms with van der Waals surface area (Å²) in [6.07, 6.45) is 5.24. The molecule has 0 amide bonds. The van der Waals surface area contributed by atoms with Gasteiger partial charge in [-0.25, -0.2) is 0 Å². The van der Waals surface area contributed by atoms with Crippen LogP contribution in [-0.4, -0.2) is 48.8 Å². The third-order valence-corrected chi connectivity index (χ3v) is 2.84. The molecule has 1 aliphatic rings. The molecule has 0 saturated carbocycles. The number of hydrogen-bond acceptors (Lipinski definition) is 6. The average Bonchev–Trinajstić information content (AvgIpc) is 2.59.